The molecule has 3 rings (SSSR count). The van der Waals surface area contributed by atoms with Crippen molar-refractivity contribution in [1.29, 1.82) is 0 Å². The van der Waals surface area contributed by atoms with Gasteiger partial charge in [-0.2, -0.15) is 0 Å². The highest BCUT2D eigenvalue weighted by atomic mass is 35.5. The lowest BCUT2D eigenvalue weighted by atomic mass is 9.88. The van der Waals surface area contributed by atoms with E-state index >= 15 is 0 Å². The third-order valence-electron chi connectivity index (χ3n) is 5.77. The molecule has 10 heteroatoms. The Morgan fingerprint density at radius 3 is 2.42 bits per heavy atom. The van der Waals surface area contributed by atoms with Crippen molar-refractivity contribution in [2.24, 2.45) is 0 Å². The number of carbonyl (C=O) groups excluding carboxylic acids is 2. The van der Waals surface area contributed by atoms with Crippen LogP contribution >= 0.6 is 23.2 Å². The van der Waals surface area contributed by atoms with Crippen LogP contribution in [0.15, 0.2) is 24.4 Å². The van der Waals surface area contributed by atoms with Crippen LogP contribution in [0.2, 0.25) is 10.2 Å². The zero-order chi connectivity index (χ0) is 24.6. The predicted octanol–water partition coefficient (Wildman–Crippen LogP) is 5.38. The van der Waals surface area contributed by atoms with Gasteiger partial charge in [-0.05, 0) is 52.7 Å². The van der Waals surface area contributed by atoms with Crippen molar-refractivity contribution in [1.82, 2.24) is 14.9 Å². The highest BCUT2D eigenvalue weighted by Gasteiger charge is 2.38. The maximum absolute atomic E-state index is 14.2. The van der Waals surface area contributed by atoms with Gasteiger partial charge in [-0.3, -0.25) is 4.79 Å². The van der Waals surface area contributed by atoms with Crippen molar-refractivity contribution in [3.63, 3.8) is 0 Å². The molecule has 0 bridgehead atoms. The highest BCUT2D eigenvalue weighted by Crippen LogP contribution is 2.31. The molecule has 2 heterocycles. The van der Waals surface area contributed by atoms with Gasteiger partial charge >= 0.3 is 6.09 Å². The maximum atomic E-state index is 14.2. The summed E-state index contributed by atoms with van der Waals surface area (Å²) in [5.74, 6) is -1.01. The summed E-state index contributed by atoms with van der Waals surface area (Å²) in [6.45, 7) is 8.73. The molecule has 7 nitrogen and oxygen atoms in total. The van der Waals surface area contributed by atoms with Gasteiger partial charge in [0.05, 0.1) is 16.8 Å². The third kappa shape index (κ3) is 5.55. The fourth-order valence-electron chi connectivity index (χ4n) is 3.57. The molecule has 0 aliphatic carbocycles. The lowest BCUT2D eigenvalue weighted by Gasteiger charge is -2.45. The van der Waals surface area contributed by atoms with Gasteiger partial charge in [0.25, 0.3) is 0 Å². The van der Waals surface area contributed by atoms with Crippen molar-refractivity contribution in [2.45, 2.75) is 51.7 Å². The predicted molar refractivity (Wildman–Crippen MR) is 126 cm³/mol. The zero-order valence-electron chi connectivity index (χ0n) is 19.3. The molecule has 0 spiro atoms. The van der Waals surface area contributed by atoms with Crippen LogP contribution in [0, 0.1) is 5.82 Å². The number of nitrogens with zero attached hydrogens (tertiary/aromatic N) is 4. The monoisotopic (exact) mass is 496 g/mol. The Morgan fingerprint density at radius 2 is 1.85 bits per heavy atom. The number of hydrogen-bond acceptors (Lipinski definition) is 6. The first-order valence-electron chi connectivity index (χ1n) is 10.6. The highest BCUT2D eigenvalue weighted by molar-refractivity contribution is 6.34. The maximum Gasteiger partial charge on any atom is 0.410 e. The Hall–Kier alpha value is -2.45. The van der Waals surface area contributed by atoms with E-state index in [1.165, 1.54) is 24.4 Å². The Morgan fingerprint density at radius 1 is 1.21 bits per heavy atom. The van der Waals surface area contributed by atoms with Crippen LogP contribution in [0.4, 0.5) is 15.0 Å². The second-order valence-electron chi connectivity index (χ2n) is 9.32. The summed E-state index contributed by atoms with van der Waals surface area (Å²) in [6, 6.07) is 4.16. The molecule has 0 N–H and O–H groups in total. The fourth-order valence-corrected chi connectivity index (χ4v) is 3.97. The quantitative estimate of drug-likeness (QED) is 0.528. The number of rotatable bonds is 4. The number of anilines is 1. The van der Waals surface area contributed by atoms with E-state index in [4.69, 9.17) is 27.9 Å². The van der Waals surface area contributed by atoms with Gasteiger partial charge in [-0.1, -0.05) is 29.3 Å². The molecule has 1 fully saturated rings. The molecule has 0 unspecified atom stereocenters. The van der Waals surface area contributed by atoms with Gasteiger partial charge in [0.2, 0.25) is 5.78 Å². The second-order valence-corrected chi connectivity index (χ2v) is 10.1. The fraction of sp³-hybridized carbons (Fsp3) is 0.478. The van der Waals surface area contributed by atoms with Crippen molar-refractivity contribution >= 4 is 40.9 Å². The summed E-state index contributed by atoms with van der Waals surface area (Å²) in [7, 11) is 1.75. The van der Waals surface area contributed by atoms with E-state index < -0.39 is 17.2 Å². The molecule has 1 aromatic carbocycles. The summed E-state index contributed by atoms with van der Waals surface area (Å²) in [4.78, 5) is 37.3. The number of aromatic nitrogens is 2. The van der Waals surface area contributed by atoms with E-state index in [9.17, 15) is 14.0 Å². The van der Waals surface area contributed by atoms with Crippen LogP contribution < -0.4 is 4.90 Å². The Balaban J connectivity index is 1.71. The lowest BCUT2D eigenvalue weighted by molar-refractivity contribution is 0.00345. The molecule has 2 aromatic rings. The molecular weight excluding hydrogens is 470 g/mol. The van der Waals surface area contributed by atoms with Gasteiger partial charge in [0.1, 0.15) is 17.1 Å². The molecule has 0 atom stereocenters. The minimum Gasteiger partial charge on any atom is -0.444 e. The van der Waals surface area contributed by atoms with Crippen molar-refractivity contribution in [3.05, 3.63) is 51.6 Å². The van der Waals surface area contributed by atoms with E-state index in [2.05, 4.69) is 9.97 Å². The summed E-state index contributed by atoms with van der Waals surface area (Å²) in [6.07, 6.45) is 2.44. The number of ketones is 1. The molecule has 0 saturated carbocycles. The summed E-state index contributed by atoms with van der Waals surface area (Å²) in [5.41, 5.74) is -1.31. The van der Waals surface area contributed by atoms with E-state index in [0.717, 1.165) is 0 Å². The van der Waals surface area contributed by atoms with E-state index in [-0.39, 0.29) is 33.1 Å². The summed E-state index contributed by atoms with van der Waals surface area (Å²) >= 11 is 12.0. The number of carbonyl (C=O) groups is 2. The number of hydrogen-bond donors (Lipinski definition) is 0. The van der Waals surface area contributed by atoms with Crippen LogP contribution in [0.1, 0.15) is 56.6 Å². The van der Waals surface area contributed by atoms with Crippen molar-refractivity contribution < 1.29 is 18.7 Å². The number of amides is 1. The first-order valence-corrected chi connectivity index (χ1v) is 11.3. The third-order valence-corrected chi connectivity index (χ3v) is 6.33. The van der Waals surface area contributed by atoms with Crippen LogP contribution in [-0.2, 0) is 4.74 Å². The largest absolute Gasteiger partial charge is 0.444 e. The Bertz CT molecular complexity index is 1070. The smallest absolute Gasteiger partial charge is 0.410 e. The number of benzene rings is 1. The standard InChI is InChI=1S/C23H27Cl2FN4O3/c1-22(2,3)33-21(32)29(5)23(4)9-11-30(12-10-23)16-13-27-18(20(25)28-16)19(31)14-7-6-8-15(24)17(14)26/h6-8,13H,9-12H2,1-5H3. The lowest BCUT2D eigenvalue weighted by Crippen LogP contribution is -2.55. The topological polar surface area (TPSA) is 75.6 Å². The Kier molecular flexibility index (Phi) is 7.19. The van der Waals surface area contributed by atoms with Crippen LogP contribution in [0.3, 0.4) is 0 Å². The molecular formula is C23H27Cl2FN4O3. The number of piperidine rings is 1. The van der Waals surface area contributed by atoms with E-state index in [0.29, 0.717) is 31.7 Å². The van der Waals surface area contributed by atoms with Crippen molar-refractivity contribution in [3.8, 4) is 0 Å². The van der Waals surface area contributed by atoms with Crippen LogP contribution in [0.25, 0.3) is 0 Å². The van der Waals surface area contributed by atoms with Gasteiger partial charge in [0, 0.05) is 25.7 Å². The van der Waals surface area contributed by atoms with E-state index in [1.54, 1.807) is 11.9 Å². The first-order chi connectivity index (χ1) is 15.3. The molecule has 0 radical (unpaired) electrons. The van der Waals surface area contributed by atoms with Crippen molar-refractivity contribution in [2.75, 3.05) is 25.0 Å². The molecule has 178 valence electrons. The first kappa shape index (κ1) is 25.2. The zero-order valence-corrected chi connectivity index (χ0v) is 20.8. The van der Waals surface area contributed by atoms with Gasteiger partial charge in [-0.15, -0.1) is 0 Å². The normalized spacial score (nSPS) is 15.8. The van der Waals surface area contributed by atoms with Gasteiger partial charge < -0.3 is 14.5 Å². The molecule has 1 aliphatic rings. The molecule has 1 aromatic heterocycles. The van der Waals surface area contributed by atoms with Gasteiger partial charge in [0.15, 0.2) is 11.0 Å². The van der Waals surface area contributed by atoms with E-state index in [1.807, 2.05) is 32.6 Å². The molecule has 1 aliphatic heterocycles. The summed E-state index contributed by atoms with van der Waals surface area (Å²) < 4.78 is 19.7. The van der Waals surface area contributed by atoms with Crippen LogP contribution in [0.5, 0.6) is 0 Å². The summed E-state index contributed by atoms with van der Waals surface area (Å²) in [5, 5.41) is -0.273. The molecule has 1 saturated heterocycles. The van der Waals surface area contributed by atoms with Crippen LogP contribution in [-0.4, -0.2) is 58.0 Å². The number of ether oxygens (including phenoxy) is 1. The minimum atomic E-state index is -0.824. The average molecular weight is 497 g/mol. The Labute approximate surface area is 202 Å². The number of halogens is 3. The average Bonchev–Trinajstić information content (AvgIpc) is 2.74. The molecule has 1 amide bonds. The second kappa shape index (κ2) is 9.43. The molecule has 33 heavy (non-hydrogen) atoms. The SMILES string of the molecule is CN(C(=O)OC(C)(C)C)C1(C)CCN(c2cnc(C(=O)c3cccc(Cl)c3F)c(Cl)n2)CC1. The van der Waals surface area contributed by atoms with Gasteiger partial charge in [-0.25, -0.2) is 19.2 Å². The minimum absolute atomic E-state index is 0.115.